The van der Waals surface area contributed by atoms with Crippen LogP contribution in [-0.4, -0.2) is 11.9 Å². The van der Waals surface area contributed by atoms with Crippen LogP contribution in [0.3, 0.4) is 0 Å². The molecule has 3 heteroatoms. The van der Waals surface area contributed by atoms with Crippen molar-refractivity contribution in [2.75, 3.05) is 11.9 Å². The number of para-hydroxylation sites is 1. The summed E-state index contributed by atoms with van der Waals surface area (Å²) in [5, 5.41) is 1.74. The molecule has 0 spiro atoms. The van der Waals surface area contributed by atoms with Gasteiger partial charge < -0.3 is 4.74 Å². The van der Waals surface area contributed by atoms with E-state index in [1.165, 1.54) is 11.1 Å². The van der Waals surface area contributed by atoms with Gasteiger partial charge in [0.15, 0.2) is 0 Å². The molecule has 0 fully saturated rings. The molecule has 0 saturated carbocycles. The lowest BCUT2D eigenvalue weighted by atomic mass is 9.87. The van der Waals surface area contributed by atoms with Gasteiger partial charge >= 0.3 is 0 Å². The van der Waals surface area contributed by atoms with Crippen LogP contribution in [0.25, 0.3) is 0 Å². The van der Waals surface area contributed by atoms with Crippen LogP contribution < -0.4 is 4.74 Å². The molecule has 0 radical (unpaired) electrons. The molecule has 0 saturated heterocycles. The normalized spacial score (nSPS) is 18.4. The number of halogens is 2. The van der Waals surface area contributed by atoms with E-state index in [9.17, 15) is 0 Å². The van der Waals surface area contributed by atoms with Gasteiger partial charge in [-0.15, -0.1) is 0 Å². The van der Waals surface area contributed by atoms with Gasteiger partial charge in [0.25, 0.3) is 0 Å². The lowest BCUT2D eigenvalue weighted by molar-refractivity contribution is 0.320. The molecule has 104 valence electrons. The first-order valence-electron chi connectivity index (χ1n) is 6.81. The SMILES string of the molecule is Clc1ccc(C(CBr)CC2COc3ccccc32)cc1. The van der Waals surface area contributed by atoms with Gasteiger partial charge in [-0.1, -0.05) is 57.9 Å². The summed E-state index contributed by atoms with van der Waals surface area (Å²) in [4.78, 5) is 0. The molecule has 20 heavy (non-hydrogen) atoms. The van der Waals surface area contributed by atoms with Crippen molar-refractivity contribution in [3.8, 4) is 5.75 Å². The summed E-state index contributed by atoms with van der Waals surface area (Å²) < 4.78 is 5.78. The summed E-state index contributed by atoms with van der Waals surface area (Å²) in [6.45, 7) is 0.788. The third kappa shape index (κ3) is 2.87. The smallest absolute Gasteiger partial charge is 0.122 e. The minimum absolute atomic E-state index is 0.476. The second-order valence-corrected chi connectivity index (χ2v) is 6.27. The topological polar surface area (TPSA) is 9.23 Å². The van der Waals surface area contributed by atoms with Gasteiger partial charge in [-0.2, -0.15) is 0 Å². The number of alkyl halides is 1. The van der Waals surface area contributed by atoms with Gasteiger partial charge in [0.05, 0.1) is 6.61 Å². The van der Waals surface area contributed by atoms with Crippen molar-refractivity contribution in [2.24, 2.45) is 0 Å². The first-order chi connectivity index (χ1) is 9.78. The molecule has 1 aliphatic heterocycles. The summed E-state index contributed by atoms with van der Waals surface area (Å²) >= 11 is 9.61. The molecule has 2 atom stereocenters. The fraction of sp³-hybridized carbons (Fsp3) is 0.294. The maximum absolute atomic E-state index is 5.97. The number of benzene rings is 2. The van der Waals surface area contributed by atoms with E-state index in [2.05, 4.69) is 46.3 Å². The third-order valence-corrected chi connectivity index (χ3v) is 4.93. The molecule has 1 heterocycles. The second-order valence-electron chi connectivity index (χ2n) is 5.18. The third-order valence-electron chi connectivity index (χ3n) is 3.90. The molecular weight excluding hydrogens is 336 g/mol. The Labute approximate surface area is 133 Å². The zero-order valence-electron chi connectivity index (χ0n) is 11.1. The van der Waals surface area contributed by atoms with E-state index in [0.717, 1.165) is 29.1 Å². The molecule has 1 nitrogen and oxygen atoms in total. The molecule has 0 aliphatic carbocycles. The van der Waals surface area contributed by atoms with Gasteiger partial charge in [-0.3, -0.25) is 0 Å². The number of rotatable bonds is 4. The molecule has 2 unspecified atom stereocenters. The van der Waals surface area contributed by atoms with Crippen LogP contribution in [0.5, 0.6) is 5.75 Å². The van der Waals surface area contributed by atoms with Crippen molar-refractivity contribution in [3.63, 3.8) is 0 Å². The maximum atomic E-state index is 5.97. The minimum Gasteiger partial charge on any atom is -0.493 e. The standard InChI is InChI=1S/C17H16BrClO/c18-10-13(12-5-7-15(19)8-6-12)9-14-11-20-17-4-2-1-3-16(14)17/h1-8,13-14H,9-11H2. The number of hydrogen-bond acceptors (Lipinski definition) is 1. The molecule has 3 rings (SSSR count). The van der Waals surface area contributed by atoms with Crippen molar-refractivity contribution in [3.05, 3.63) is 64.7 Å². The number of ether oxygens (including phenoxy) is 1. The Hall–Kier alpha value is -0.990. The fourth-order valence-electron chi connectivity index (χ4n) is 2.79. The molecule has 0 N–H and O–H groups in total. The van der Waals surface area contributed by atoms with Gasteiger partial charge in [-0.05, 0) is 36.1 Å². The Balaban J connectivity index is 1.78. The van der Waals surface area contributed by atoms with Gasteiger partial charge in [0, 0.05) is 21.8 Å². The van der Waals surface area contributed by atoms with Crippen molar-refractivity contribution in [1.29, 1.82) is 0 Å². The summed E-state index contributed by atoms with van der Waals surface area (Å²) in [6, 6.07) is 16.5. The molecule has 1 aliphatic rings. The zero-order chi connectivity index (χ0) is 13.9. The van der Waals surface area contributed by atoms with Crippen molar-refractivity contribution < 1.29 is 4.74 Å². The molecular formula is C17H16BrClO. The molecule has 0 bridgehead atoms. The van der Waals surface area contributed by atoms with Crippen molar-refractivity contribution in [2.45, 2.75) is 18.3 Å². The zero-order valence-corrected chi connectivity index (χ0v) is 13.4. The van der Waals surface area contributed by atoms with E-state index in [1.54, 1.807) is 0 Å². The minimum atomic E-state index is 0.476. The van der Waals surface area contributed by atoms with E-state index in [1.807, 2.05) is 18.2 Å². The van der Waals surface area contributed by atoms with E-state index in [0.29, 0.717) is 11.8 Å². The highest BCUT2D eigenvalue weighted by Gasteiger charge is 2.26. The second kappa shape index (κ2) is 6.19. The lowest BCUT2D eigenvalue weighted by Gasteiger charge is -2.18. The predicted molar refractivity (Wildman–Crippen MR) is 87.3 cm³/mol. The molecule has 2 aromatic carbocycles. The van der Waals surface area contributed by atoms with Gasteiger partial charge in [-0.25, -0.2) is 0 Å². The highest BCUT2D eigenvalue weighted by Crippen LogP contribution is 2.40. The summed E-state index contributed by atoms with van der Waals surface area (Å²) in [5.74, 6) is 2.00. The highest BCUT2D eigenvalue weighted by molar-refractivity contribution is 9.09. The quantitative estimate of drug-likeness (QED) is 0.672. The van der Waals surface area contributed by atoms with E-state index < -0.39 is 0 Å². The monoisotopic (exact) mass is 350 g/mol. The van der Waals surface area contributed by atoms with Crippen molar-refractivity contribution >= 4 is 27.5 Å². The average Bonchev–Trinajstić information content (AvgIpc) is 2.89. The van der Waals surface area contributed by atoms with Crippen LogP contribution in [-0.2, 0) is 0 Å². The Kier molecular flexibility index (Phi) is 4.32. The number of fused-ring (bicyclic) bond motifs is 1. The van der Waals surface area contributed by atoms with Crippen LogP contribution >= 0.6 is 27.5 Å². The van der Waals surface area contributed by atoms with E-state index in [-0.39, 0.29) is 0 Å². The predicted octanol–water partition coefficient (Wildman–Crippen LogP) is 5.38. The first-order valence-corrected chi connectivity index (χ1v) is 8.31. The van der Waals surface area contributed by atoms with Crippen LogP contribution in [0.4, 0.5) is 0 Å². The van der Waals surface area contributed by atoms with Crippen LogP contribution in [0.1, 0.15) is 29.4 Å². The first kappa shape index (κ1) is 14.0. The van der Waals surface area contributed by atoms with Crippen LogP contribution in [0, 0.1) is 0 Å². The highest BCUT2D eigenvalue weighted by atomic mass is 79.9. The van der Waals surface area contributed by atoms with Crippen molar-refractivity contribution in [1.82, 2.24) is 0 Å². The van der Waals surface area contributed by atoms with E-state index in [4.69, 9.17) is 16.3 Å². The summed E-state index contributed by atoms with van der Waals surface area (Å²) in [7, 11) is 0. The average molecular weight is 352 g/mol. The van der Waals surface area contributed by atoms with E-state index >= 15 is 0 Å². The maximum Gasteiger partial charge on any atom is 0.122 e. The summed E-state index contributed by atoms with van der Waals surface area (Å²) in [5.41, 5.74) is 2.67. The molecule has 0 aromatic heterocycles. The molecule has 2 aromatic rings. The molecule has 0 amide bonds. The van der Waals surface area contributed by atoms with Crippen LogP contribution in [0.15, 0.2) is 48.5 Å². The largest absolute Gasteiger partial charge is 0.493 e. The number of hydrogen-bond donors (Lipinski definition) is 0. The Morgan fingerprint density at radius 1 is 1.15 bits per heavy atom. The Morgan fingerprint density at radius 2 is 1.90 bits per heavy atom. The Morgan fingerprint density at radius 3 is 2.65 bits per heavy atom. The Bertz CT molecular complexity index is 582. The van der Waals surface area contributed by atoms with Gasteiger partial charge in [0.1, 0.15) is 5.75 Å². The van der Waals surface area contributed by atoms with Crippen LogP contribution in [0.2, 0.25) is 5.02 Å². The summed E-state index contributed by atoms with van der Waals surface area (Å²) in [6.07, 6.45) is 1.09. The fourth-order valence-corrected chi connectivity index (χ4v) is 3.56. The van der Waals surface area contributed by atoms with Gasteiger partial charge in [0.2, 0.25) is 0 Å². The lowest BCUT2D eigenvalue weighted by Crippen LogP contribution is -2.09.